The van der Waals surface area contributed by atoms with Gasteiger partial charge in [0.05, 0.1) is 5.56 Å². The van der Waals surface area contributed by atoms with E-state index in [0.29, 0.717) is 28.5 Å². The van der Waals surface area contributed by atoms with Gasteiger partial charge in [-0.05, 0) is 125 Å². The fourth-order valence-electron chi connectivity index (χ4n) is 11.9. The van der Waals surface area contributed by atoms with Crippen LogP contribution in [0.2, 0.25) is 0 Å². The first kappa shape index (κ1) is 34.1. The first-order valence-electron chi connectivity index (χ1n) is 21.5. The predicted molar refractivity (Wildman–Crippen MR) is 243 cm³/mol. The van der Waals surface area contributed by atoms with Crippen LogP contribution >= 0.6 is 0 Å². The number of furan rings is 1. The molecule has 4 aliphatic rings. The second-order valence-corrected chi connectivity index (χ2v) is 17.8. The summed E-state index contributed by atoms with van der Waals surface area (Å²) in [6.45, 7) is 0. The fourth-order valence-corrected chi connectivity index (χ4v) is 11.9. The highest BCUT2D eigenvalue weighted by Crippen LogP contribution is 2.60. The van der Waals surface area contributed by atoms with Gasteiger partial charge in [0, 0.05) is 32.7 Å². The van der Waals surface area contributed by atoms with E-state index in [-0.39, 0.29) is 0 Å². The normalized spacial score (nSPS) is 20.8. The van der Waals surface area contributed by atoms with Crippen molar-refractivity contribution in [1.29, 1.82) is 0 Å². The SMILES string of the molecule is c1ccc2c(c1)oc1ccc(-c3nc(-c4ccc(C56CC7CC(CC(C7)C5)C6)cc4)nc(-c4cccc5c4oc4ccccc4c4ccccc4c4ccccc54)n3)cc12. The minimum absolute atomic E-state index is 0.314. The number of para-hydroxylation sites is 3. The highest BCUT2D eigenvalue weighted by Gasteiger charge is 2.51. The Labute approximate surface area is 347 Å². The predicted octanol–water partition coefficient (Wildman–Crippen LogP) is 14.6. The number of benzene rings is 7. The van der Waals surface area contributed by atoms with Crippen molar-refractivity contribution in [3.8, 4) is 34.2 Å². The van der Waals surface area contributed by atoms with E-state index < -0.39 is 0 Å². The highest BCUT2D eigenvalue weighted by atomic mass is 16.3. The molecule has 7 aromatic carbocycles. The van der Waals surface area contributed by atoms with E-state index >= 15 is 0 Å². The smallest absolute Gasteiger partial charge is 0.167 e. The van der Waals surface area contributed by atoms with Gasteiger partial charge in [-0.25, -0.2) is 15.0 Å². The Morgan fingerprint density at radius 2 is 0.850 bits per heavy atom. The van der Waals surface area contributed by atoms with Crippen LogP contribution in [-0.2, 0) is 5.41 Å². The van der Waals surface area contributed by atoms with Crippen molar-refractivity contribution in [2.75, 3.05) is 0 Å². The first-order chi connectivity index (χ1) is 29.6. The number of rotatable bonds is 4. The zero-order valence-electron chi connectivity index (χ0n) is 33.1. The molecule has 4 fully saturated rings. The van der Waals surface area contributed by atoms with Gasteiger partial charge >= 0.3 is 0 Å². The van der Waals surface area contributed by atoms with Crippen LogP contribution in [0, 0.1) is 17.8 Å². The summed E-state index contributed by atoms with van der Waals surface area (Å²) in [5, 5.41) is 8.61. The summed E-state index contributed by atoms with van der Waals surface area (Å²) in [6.07, 6.45) is 8.31. The third-order valence-electron chi connectivity index (χ3n) is 14.1. The van der Waals surface area contributed by atoms with E-state index in [1.54, 1.807) is 0 Å². The second-order valence-electron chi connectivity index (χ2n) is 17.8. The number of fused-ring (bicyclic) bond motifs is 10. The van der Waals surface area contributed by atoms with E-state index in [0.717, 1.165) is 94.3 Å². The summed E-state index contributed by atoms with van der Waals surface area (Å²) in [6, 6.07) is 55.6. The van der Waals surface area contributed by atoms with Crippen LogP contribution in [0.1, 0.15) is 44.1 Å². The summed E-state index contributed by atoms with van der Waals surface area (Å²) in [4.78, 5) is 15.9. The lowest BCUT2D eigenvalue weighted by Gasteiger charge is -2.57. The zero-order chi connectivity index (χ0) is 39.4. The van der Waals surface area contributed by atoms with E-state index in [1.807, 2.05) is 24.3 Å². The minimum atomic E-state index is 0.314. The van der Waals surface area contributed by atoms with Crippen LogP contribution < -0.4 is 0 Å². The molecule has 0 spiro atoms. The lowest BCUT2D eigenvalue weighted by atomic mass is 9.48. The molecule has 3 heterocycles. The van der Waals surface area contributed by atoms with Gasteiger partial charge in [-0.1, -0.05) is 121 Å². The van der Waals surface area contributed by atoms with Crippen LogP contribution in [0.3, 0.4) is 0 Å². The molecule has 60 heavy (non-hydrogen) atoms. The summed E-state index contributed by atoms with van der Waals surface area (Å²) in [5.74, 6) is 4.46. The quantitative estimate of drug-likeness (QED) is 0.178. The number of nitrogens with zero attached hydrogens (tertiary/aromatic N) is 3. The number of hydrogen-bond acceptors (Lipinski definition) is 5. The maximum atomic E-state index is 7.17. The molecule has 0 N–H and O–H groups in total. The van der Waals surface area contributed by atoms with Crippen LogP contribution in [0.25, 0.3) is 99.6 Å². The summed E-state index contributed by atoms with van der Waals surface area (Å²) in [5.41, 5.74) is 7.66. The van der Waals surface area contributed by atoms with E-state index in [9.17, 15) is 0 Å². The van der Waals surface area contributed by atoms with Crippen molar-refractivity contribution in [2.24, 2.45) is 17.8 Å². The molecule has 288 valence electrons. The van der Waals surface area contributed by atoms with Crippen LogP contribution in [0.4, 0.5) is 0 Å². The average molecular weight is 776 g/mol. The zero-order valence-corrected chi connectivity index (χ0v) is 33.1. The summed E-state index contributed by atoms with van der Waals surface area (Å²) in [7, 11) is 0. The van der Waals surface area contributed by atoms with Crippen molar-refractivity contribution < 1.29 is 8.83 Å². The van der Waals surface area contributed by atoms with Gasteiger partial charge < -0.3 is 8.83 Å². The first-order valence-corrected chi connectivity index (χ1v) is 21.5. The number of hydrogen-bond donors (Lipinski definition) is 0. The van der Waals surface area contributed by atoms with Crippen molar-refractivity contribution >= 4 is 65.4 Å². The van der Waals surface area contributed by atoms with E-state index in [2.05, 4.69) is 133 Å². The van der Waals surface area contributed by atoms with Crippen molar-refractivity contribution in [3.63, 3.8) is 0 Å². The van der Waals surface area contributed by atoms with Gasteiger partial charge in [0.1, 0.15) is 22.3 Å². The molecule has 4 saturated carbocycles. The monoisotopic (exact) mass is 775 g/mol. The van der Waals surface area contributed by atoms with Gasteiger partial charge in [0.2, 0.25) is 0 Å². The van der Waals surface area contributed by atoms with Crippen LogP contribution in [0.15, 0.2) is 167 Å². The molecule has 0 atom stereocenters. The Kier molecular flexibility index (Phi) is 7.42. The molecule has 14 rings (SSSR count). The fraction of sp³-hybridized carbons (Fsp3) is 0.182. The van der Waals surface area contributed by atoms with E-state index in [1.165, 1.54) is 44.1 Å². The molecule has 0 amide bonds. The lowest BCUT2D eigenvalue weighted by molar-refractivity contribution is -0.00518. The minimum Gasteiger partial charge on any atom is -0.456 e. The molecule has 5 heteroatoms. The van der Waals surface area contributed by atoms with Gasteiger partial charge in [-0.15, -0.1) is 0 Å². The van der Waals surface area contributed by atoms with Gasteiger partial charge in [0.15, 0.2) is 17.5 Å². The summed E-state index contributed by atoms with van der Waals surface area (Å²) >= 11 is 0. The van der Waals surface area contributed by atoms with Gasteiger partial charge in [0.25, 0.3) is 0 Å². The molecular weight excluding hydrogens is 735 g/mol. The van der Waals surface area contributed by atoms with Gasteiger partial charge in [-0.2, -0.15) is 0 Å². The largest absolute Gasteiger partial charge is 0.456 e. The van der Waals surface area contributed by atoms with Crippen molar-refractivity contribution in [1.82, 2.24) is 15.0 Å². The van der Waals surface area contributed by atoms with Crippen molar-refractivity contribution in [3.05, 3.63) is 163 Å². The summed E-state index contributed by atoms with van der Waals surface area (Å²) < 4.78 is 13.4. The number of aromatic nitrogens is 3. The van der Waals surface area contributed by atoms with Crippen LogP contribution in [0.5, 0.6) is 0 Å². The Hall–Kier alpha value is -6.85. The van der Waals surface area contributed by atoms with E-state index in [4.69, 9.17) is 23.8 Å². The molecule has 4 aliphatic carbocycles. The Bertz CT molecular complexity index is 3400. The molecule has 10 aromatic rings. The maximum absolute atomic E-state index is 7.17. The Morgan fingerprint density at radius 1 is 0.383 bits per heavy atom. The molecule has 0 radical (unpaired) electrons. The molecule has 3 aromatic heterocycles. The molecule has 4 bridgehead atoms. The average Bonchev–Trinajstić information content (AvgIpc) is 3.68. The molecule has 0 unspecified atom stereocenters. The lowest BCUT2D eigenvalue weighted by Crippen LogP contribution is -2.48. The topological polar surface area (TPSA) is 65.0 Å². The second kappa shape index (κ2) is 13.1. The molecule has 5 nitrogen and oxygen atoms in total. The molecule has 0 saturated heterocycles. The Balaban J connectivity index is 1.06. The van der Waals surface area contributed by atoms with Crippen LogP contribution in [-0.4, -0.2) is 15.0 Å². The highest BCUT2D eigenvalue weighted by molar-refractivity contribution is 6.19. The standard InChI is InChI=1S/C55H41N3O2/c1-3-12-41-39(10-1)40-11-2-4-13-42(40)45-16-9-17-46(51(45)60-49-19-8-5-14-43(41)49)54-57-52(36-20-23-38(24-21-36)55-30-33-26-34(31-55)28-35(27-33)32-55)56-53(58-54)37-22-25-50-47(29-37)44-15-6-7-18-48(44)59-50/h1-25,29,33-35H,26-28,30-32H2. The maximum Gasteiger partial charge on any atom is 0.167 e. The van der Waals surface area contributed by atoms with Gasteiger partial charge in [-0.3, -0.25) is 0 Å². The third kappa shape index (κ3) is 5.34. The third-order valence-corrected chi connectivity index (χ3v) is 14.1. The molecular formula is C55H41N3O2. The van der Waals surface area contributed by atoms with Crippen molar-refractivity contribution in [2.45, 2.75) is 43.9 Å². The molecule has 0 aliphatic heterocycles. The Morgan fingerprint density at radius 3 is 1.50 bits per heavy atom.